The predicted molar refractivity (Wildman–Crippen MR) is 105 cm³/mol. The van der Waals surface area contributed by atoms with Crippen LogP contribution in [0.4, 0.5) is 0 Å². The maximum atomic E-state index is 12.9. The minimum absolute atomic E-state index is 0.00703. The Balaban J connectivity index is 1.26. The molecule has 3 aliphatic rings. The highest BCUT2D eigenvalue weighted by Gasteiger charge is 2.52. The number of hydrogen-bond acceptors (Lipinski definition) is 4. The molecule has 1 aromatic heterocycles. The number of likely N-dealkylation sites (tertiary alicyclic amines) is 1. The molecule has 7 nitrogen and oxygen atoms in total. The standard InChI is InChI=1S/C21H26N4O3/c1-22-19(26)18-10-28-21(11-24(18)9-14-6-7-14)12-25(13-21)20(27)17-8-15-4-2-3-5-16(15)23-17/h2-5,8,14,18,23H,6-7,9-13H2,1H3,(H,22,26). The van der Waals surface area contributed by atoms with Gasteiger partial charge in [-0.25, -0.2) is 0 Å². The van der Waals surface area contributed by atoms with E-state index in [0.717, 1.165) is 17.4 Å². The topological polar surface area (TPSA) is 77.7 Å². The largest absolute Gasteiger partial charge is 0.368 e. The average Bonchev–Trinajstić information content (AvgIpc) is 3.39. The monoisotopic (exact) mass is 382 g/mol. The van der Waals surface area contributed by atoms with Gasteiger partial charge in [0.05, 0.1) is 19.7 Å². The van der Waals surface area contributed by atoms with E-state index in [1.165, 1.54) is 12.8 Å². The third-order valence-corrected chi connectivity index (χ3v) is 6.22. The van der Waals surface area contributed by atoms with Gasteiger partial charge in [-0.1, -0.05) is 18.2 Å². The van der Waals surface area contributed by atoms with Crippen molar-refractivity contribution in [2.24, 2.45) is 5.92 Å². The third-order valence-electron chi connectivity index (χ3n) is 6.22. The Morgan fingerprint density at radius 2 is 2.04 bits per heavy atom. The van der Waals surface area contributed by atoms with Crippen LogP contribution in [0.25, 0.3) is 10.9 Å². The average molecular weight is 382 g/mol. The van der Waals surface area contributed by atoms with Gasteiger partial charge in [-0.05, 0) is 30.9 Å². The molecule has 28 heavy (non-hydrogen) atoms. The molecule has 1 spiro atoms. The van der Waals surface area contributed by atoms with E-state index < -0.39 is 0 Å². The van der Waals surface area contributed by atoms with Gasteiger partial charge < -0.3 is 19.9 Å². The number of morpholine rings is 1. The summed E-state index contributed by atoms with van der Waals surface area (Å²) in [7, 11) is 1.67. The molecule has 3 fully saturated rings. The number of carbonyl (C=O) groups is 2. The SMILES string of the molecule is CNC(=O)C1COC2(CN(C(=O)c3cc4ccccc4[nH]3)C2)CN1CC1CC1. The summed E-state index contributed by atoms with van der Waals surface area (Å²) in [4.78, 5) is 32.4. The highest BCUT2D eigenvalue weighted by molar-refractivity contribution is 5.98. The van der Waals surface area contributed by atoms with E-state index in [0.29, 0.717) is 37.9 Å². The molecule has 7 heteroatoms. The van der Waals surface area contributed by atoms with Crippen molar-refractivity contribution in [1.29, 1.82) is 0 Å². The number of benzene rings is 1. The number of likely N-dealkylation sites (N-methyl/N-ethyl adjacent to an activating group) is 1. The third kappa shape index (κ3) is 3.08. The number of H-pyrrole nitrogens is 1. The second-order valence-electron chi connectivity index (χ2n) is 8.43. The molecule has 1 atom stereocenters. The first-order valence-corrected chi connectivity index (χ1v) is 10.0. The molecule has 1 aliphatic carbocycles. The number of fused-ring (bicyclic) bond motifs is 1. The summed E-state index contributed by atoms with van der Waals surface area (Å²) in [6, 6.07) is 9.58. The minimum atomic E-state index is -0.346. The number of hydrogen-bond donors (Lipinski definition) is 2. The van der Waals surface area contributed by atoms with Crippen LogP contribution in [0.5, 0.6) is 0 Å². The first-order valence-electron chi connectivity index (χ1n) is 10.0. The number of aromatic amines is 1. The van der Waals surface area contributed by atoms with Crippen molar-refractivity contribution in [1.82, 2.24) is 20.1 Å². The summed E-state index contributed by atoms with van der Waals surface area (Å²) in [5.74, 6) is 0.722. The number of amides is 2. The van der Waals surface area contributed by atoms with Crippen LogP contribution in [0.2, 0.25) is 0 Å². The van der Waals surface area contributed by atoms with Crippen LogP contribution < -0.4 is 5.32 Å². The summed E-state index contributed by atoms with van der Waals surface area (Å²) >= 11 is 0. The normalized spacial score (nSPS) is 24.3. The molecule has 2 amide bonds. The molecule has 0 radical (unpaired) electrons. The van der Waals surface area contributed by atoms with Crippen LogP contribution >= 0.6 is 0 Å². The zero-order chi connectivity index (χ0) is 19.3. The van der Waals surface area contributed by atoms with Gasteiger partial charge in [0.15, 0.2) is 0 Å². The van der Waals surface area contributed by atoms with Gasteiger partial charge in [0.2, 0.25) is 5.91 Å². The number of carbonyl (C=O) groups excluding carboxylic acids is 2. The molecule has 1 saturated carbocycles. The van der Waals surface area contributed by atoms with Crippen LogP contribution in [0, 0.1) is 5.92 Å². The van der Waals surface area contributed by atoms with Gasteiger partial charge in [-0.15, -0.1) is 0 Å². The number of ether oxygens (including phenoxy) is 1. The van der Waals surface area contributed by atoms with E-state index in [1.807, 2.05) is 35.2 Å². The van der Waals surface area contributed by atoms with E-state index in [2.05, 4.69) is 15.2 Å². The maximum Gasteiger partial charge on any atom is 0.270 e. The van der Waals surface area contributed by atoms with Gasteiger partial charge >= 0.3 is 0 Å². The predicted octanol–water partition coefficient (Wildman–Crippen LogP) is 1.22. The zero-order valence-electron chi connectivity index (χ0n) is 16.1. The Kier molecular flexibility index (Phi) is 4.17. The maximum absolute atomic E-state index is 12.9. The van der Waals surface area contributed by atoms with Gasteiger partial charge in [0.25, 0.3) is 5.91 Å². The lowest BCUT2D eigenvalue weighted by Crippen LogP contribution is -2.73. The number of para-hydroxylation sites is 1. The van der Waals surface area contributed by atoms with Crippen molar-refractivity contribution in [2.75, 3.05) is 39.8 Å². The van der Waals surface area contributed by atoms with E-state index in [1.54, 1.807) is 7.05 Å². The van der Waals surface area contributed by atoms with E-state index >= 15 is 0 Å². The summed E-state index contributed by atoms with van der Waals surface area (Å²) in [6.45, 7) is 3.18. The Morgan fingerprint density at radius 1 is 1.25 bits per heavy atom. The molecule has 1 aromatic carbocycles. The quantitative estimate of drug-likeness (QED) is 0.834. The number of aromatic nitrogens is 1. The molecule has 5 rings (SSSR count). The van der Waals surface area contributed by atoms with Crippen LogP contribution in [0.1, 0.15) is 23.3 Å². The van der Waals surface area contributed by atoms with Crippen LogP contribution in [-0.4, -0.2) is 78.1 Å². The zero-order valence-corrected chi connectivity index (χ0v) is 16.1. The fraction of sp³-hybridized carbons (Fsp3) is 0.524. The first kappa shape index (κ1) is 17.7. The first-order chi connectivity index (χ1) is 13.6. The van der Waals surface area contributed by atoms with Crippen molar-refractivity contribution in [3.05, 3.63) is 36.0 Å². The molecule has 1 unspecified atom stereocenters. The summed E-state index contributed by atoms with van der Waals surface area (Å²) in [5, 5.41) is 3.79. The van der Waals surface area contributed by atoms with Gasteiger partial charge in [-0.3, -0.25) is 14.5 Å². The molecular formula is C21H26N4O3. The molecule has 3 heterocycles. The van der Waals surface area contributed by atoms with Crippen LogP contribution in [0.15, 0.2) is 30.3 Å². The van der Waals surface area contributed by atoms with Crippen molar-refractivity contribution < 1.29 is 14.3 Å². The molecule has 2 aromatic rings. The van der Waals surface area contributed by atoms with Crippen LogP contribution in [0.3, 0.4) is 0 Å². The Hall–Kier alpha value is -2.38. The molecule has 148 valence electrons. The fourth-order valence-corrected chi connectivity index (χ4v) is 4.46. The summed E-state index contributed by atoms with van der Waals surface area (Å²) in [5.41, 5.74) is 1.24. The molecule has 0 bridgehead atoms. The highest BCUT2D eigenvalue weighted by Crippen LogP contribution is 2.36. The lowest BCUT2D eigenvalue weighted by Gasteiger charge is -2.55. The van der Waals surface area contributed by atoms with Gasteiger partial charge in [0.1, 0.15) is 17.3 Å². The fourth-order valence-electron chi connectivity index (χ4n) is 4.46. The van der Waals surface area contributed by atoms with Crippen molar-refractivity contribution in [2.45, 2.75) is 24.5 Å². The number of nitrogens with zero attached hydrogens (tertiary/aromatic N) is 2. The summed E-state index contributed by atoms with van der Waals surface area (Å²) in [6.07, 6.45) is 2.49. The van der Waals surface area contributed by atoms with E-state index in [-0.39, 0.29) is 23.5 Å². The molecule has 2 saturated heterocycles. The van der Waals surface area contributed by atoms with Crippen molar-refractivity contribution in [3.63, 3.8) is 0 Å². The second-order valence-corrected chi connectivity index (χ2v) is 8.43. The van der Waals surface area contributed by atoms with Gasteiger partial charge in [0, 0.05) is 31.0 Å². The molecular weight excluding hydrogens is 356 g/mol. The second kappa shape index (κ2) is 6.60. The smallest absolute Gasteiger partial charge is 0.270 e. The van der Waals surface area contributed by atoms with Crippen LogP contribution in [-0.2, 0) is 9.53 Å². The Morgan fingerprint density at radius 3 is 2.75 bits per heavy atom. The highest BCUT2D eigenvalue weighted by atomic mass is 16.5. The number of rotatable bonds is 4. The molecule has 2 N–H and O–H groups in total. The Labute approximate surface area is 164 Å². The van der Waals surface area contributed by atoms with E-state index in [4.69, 9.17) is 4.74 Å². The van der Waals surface area contributed by atoms with Gasteiger partial charge in [-0.2, -0.15) is 0 Å². The lowest BCUT2D eigenvalue weighted by molar-refractivity contribution is -0.191. The number of nitrogens with one attached hydrogen (secondary N) is 2. The lowest BCUT2D eigenvalue weighted by atomic mass is 9.89. The molecule has 2 aliphatic heterocycles. The van der Waals surface area contributed by atoms with E-state index in [9.17, 15) is 9.59 Å². The minimum Gasteiger partial charge on any atom is -0.368 e. The summed E-state index contributed by atoms with van der Waals surface area (Å²) < 4.78 is 6.14. The van der Waals surface area contributed by atoms with Crippen molar-refractivity contribution >= 4 is 22.7 Å². The van der Waals surface area contributed by atoms with Crippen molar-refractivity contribution in [3.8, 4) is 0 Å². The Bertz CT molecular complexity index is 880.